The van der Waals surface area contributed by atoms with E-state index < -0.39 is 0 Å². The van der Waals surface area contributed by atoms with Crippen LogP contribution in [-0.4, -0.2) is 9.36 Å². The number of nitrogens with zero attached hydrogens (tertiary/aromatic N) is 2. The van der Waals surface area contributed by atoms with Crippen LogP contribution in [0.4, 0.5) is 4.39 Å². The Morgan fingerprint density at radius 1 is 0.870 bits per heavy atom. The van der Waals surface area contributed by atoms with Crippen molar-refractivity contribution in [2.24, 2.45) is 0 Å². The van der Waals surface area contributed by atoms with Gasteiger partial charge in [0.25, 0.3) is 5.56 Å². The van der Waals surface area contributed by atoms with Gasteiger partial charge >= 0.3 is 0 Å². The van der Waals surface area contributed by atoms with Crippen LogP contribution in [0.15, 0.2) is 57.8 Å². The van der Waals surface area contributed by atoms with Crippen LogP contribution >= 0.6 is 15.9 Å². The van der Waals surface area contributed by atoms with Gasteiger partial charge in [0.2, 0.25) is 0 Å². The number of fused-ring (bicyclic) bond motifs is 1. The fourth-order valence-electron chi connectivity index (χ4n) is 3.19. The highest BCUT2D eigenvalue weighted by Gasteiger charge is 2.25. The predicted octanol–water partition coefficient (Wildman–Crippen LogP) is 4.29. The lowest BCUT2D eigenvalue weighted by Crippen LogP contribution is -2.17. The molecule has 1 aliphatic heterocycles. The molecule has 1 aromatic heterocycles. The molecule has 0 saturated heterocycles. The second-order valence-electron chi connectivity index (χ2n) is 5.64. The molecule has 0 unspecified atom stereocenters. The first-order chi connectivity index (χ1) is 11.1. The lowest BCUT2D eigenvalue weighted by molar-refractivity contribution is 0.599. The number of halogens is 2. The molecule has 0 radical (unpaired) electrons. The molecule has 5 heteroatoms. The molecular formula is C18H14BrFN2O. The van der Waals surface area contributed by atoms with E-state index in [-0.39, 0.29) is 11.4 Å². The third-order valence-corrected chi connectivity index (χ3v) is 4.75. The summed E-state index contributed by atoms with van der Waals surface area (Å²) < 4.78 is 18.1. The number of aromatic nitrogens is 2. The van der Waals surface area contributed by atoms with Crippen molar-refractivity contribution < 1.29 is 4.39 Å². The average Bonchev–Trinajstić information content (AvgIpc) is 3.12. The topological polar surface area (TPSA) is 26.9 Å². The fourth-order valence-corrected chi connectivity index (χ4v) is 3.46. The number of benzene rings is 2. The standard InChI is InChI=1S/C18H14BrFN2O/c19-14-6-2-13(3-7-14)17-16(12-4-8-15(20)9-5-12)18(23)22-11-1-10-21(17)22/h2-9H,1,10-11H2. The normalized spacial score (nSPS) is 13.3. The van der Waals surface area contributed by atoms with Gasteiger partial charge in [-0.2, -0.15) is 0 Å². The summed E-state index contributed by atoms with van der Waals surface area (Å²) in [6.07, 6.45) is 0.961. The predicted molar refractivity (Wildman–Crippen MR) is 91.8 cm³/mol. The Morgan fingerprint density at radius 2 is 1.48 bits per heavy atom. The summed E-state index contributed by atoms with van der Waals surface area (Å²) in [7, 11) is 0. The van der Waals surface area contributed by atoms with Gasteiger partial charge in [-0.15, -0.1) is 0 Å². The molecule has 0 aliphatic carbocycles. The van der Waals surface area contributed by atoms with Crippen molar-refractivity contribution in [3.05, 3.63) is 69.2 Å². The molecule has 3 nitrogen and oxygen atoms in total. The van der Waals surface area contributed by atoms with Crippen molar-refractivity contribution in [3.8, 4) is 22.4 Å². The zero-order chi connectivity index (χ0) is 16.0. The van der Waals surface area contributed by atoms with E-state index in [0.717, 1.165) is 40.8 Å². The first kappa shape index (κ1) is 14.5. The molecule has 2 heterocycles. The Bertz CT molecular complexity index is 923. The molecule has 1 aliphatic rings. The highest BCUT2D eigenvalue weighted by molar-refractivity contribution is 9.10. The van der Waals surface area contributed by atoms with Gasteiger partial charge in [-0.3, -0.25) is 9.48 Å². The Hall–Kier alpha value is -2.14. The Balaban J connectivity index is 2.00. The minimum atomic E-state index is -0.300. The van der Waals surface area contributed by atoms with Crippen LogP contribution in [0.25, 0.3) is 22.4 Å². The molecule has 23 heavy (non-hydrogen) atoms. The average molecular weight is 373 g/mol. The van der Waals surface area contributed by atoms with Crippen LogP contribution in [0.2, 0.25) is 0 Å². The third kappa shape index (κ3) is 2.36. The van der Waals surface area contributed by atoms with Gasteiger partial charge in [-0.25, -0.2) is 9.07 Å². The summed E-state index contributed by atoms with van der Waals surface area (Å²) in [6, 6.07) is 14.1. The van der Waals surface area contributed by atoms with E-state index in [9.17, 15) is 9.18 Å². The second kappa shape index (κ2) is 5.49. The Labute approximate surface area is 141 Å². The number of hydrogen-bond acceptors (Lipinski definition) is 1. The van der Waals surface area contributed by atoms with E-state index in [2.05, 4.69) is 15.9 Å². The van der Waals surface area contributed by atoms with Crippen molar-refractivity contribution in [2.75, 3.05) is 0 Å². The van der Waals surface area contributed by atoms with Crippen LogP contribution < -0.4 is 5.56 Å². The molecule has 0 spiro atoms. The molecular weight excluding hydrogens is 359 g/mol. The van der Waals surface area contributed by atoms with Crippen LogP contribution in [0.1, 0.15) is 6.42 Å². The van der Waals surface area contributed by atoms with E-state index in [1.54, 1.807) is 16.8 Å². The molecule has 0 atom stereocenters. The zero-order valence-electron chi connectivity index (χ0n) is 12.3. The van der Waals surface area contributed by atoms with Gasteiger partial charge in [-0.1, -0.05) is 40.2 Å². The maximum Gasteiger partial charge on any atom is 0.275 e. The fraction of sp³-hybridized carbons (Fsp3) is 0.167. The monoisotopic (exact) mass is 372 g/mol. The number of rotatable bonds is 2. The second-order valence-corrected chi connectivity index (χ2v) is 6.56. The molecule has 4 rings (SSSR count). The summed E-state index contributed by atoms with van der Waals surface area (Å²) in [5, 5.41) is 0. The van der Waals surface area contributed by atoms with E-state index in [0.29, 0.717) is 5.56 Å². The van der Waals surface area contributed by atoms with Gasteiger partial charge in [0, 0.05) is 23.1 Å². The Morgan fingerprint density at radius 3 is 2.17 bits per heavy atom. The zero-order valence-corrected chi connectivity index (χ0v) is 13.9. The van der Waals surface area contributed by atoms with Crippen LogP contribution in [0, 0.1) is 5.82 Å². The molecule has 0 amide bonds. The SMILES string of the molecule is O=c1c(-c2ccc(F)cc2)c(-c2ccc(Br)cc2)n2n1CCC2. The molecule has 116 valence electrons. The van der Waals surface area contributed by atoms with Gasteiger partial charge in [0.15, 0.2) is 0 Å². The summed E-state index contributed by atoms with van der Waals surface area (Å²) in [6.45, 7) is 1.55. The van der Waals surface area contributed by atoms with Crippen molar-refractivity contribution in [3.63, 3.8) is 0 Å². The van der Waals surface area contributed by atoms with Crippen LogP contribution in [-0.2, 0) is 13.1 Å². The first-order valence-corrected chi connectivity index (χ1v) is 8.30. The van der Waals surface area contributed by atoms with E-state index in [1.807, 2.05) is 28.9 Å². The molecule has 0 N–H and O–H groups in total. The summed E-state index contributed by atoms with van der Waals surface area (Å²) >= 11 is 3.44. The molecule has 2 aromatic carbocycles. The van der Waals surface area contributed by atoms with Crippen molar-refractivity contribution in [1.29, 1.82) is 0 Å². The molecule has 3 aromatic rings. The van der Waals surface area contributed by atoms with Gasteiger partial charge in [0.1, 0.15) is 5.82 Å². The van der Waals surface area contributed by atoms with Crippen molar-refractivity contribution in [2.45, 2.75) is 19.5 Å². The Kier molecular flexibility index (Phi) is 3.45. The quantitative estimate of drug-likeness (QED) is 0.659. The molecule has 0 fully saturated rings. The first-order valence-electron chi connectivity index (χ1n) is 7.50. The molecule has 0 saturated carbocycles. The maximum atomic E-state index is 13.2. The summed E-state index contributed by atoms with van der Waals surface area (Å²) in [4.78, 5) is 12.8. The van der Waals surface area contributed by atoms with Crippen LogP contribution in [0.3, 0.4) is 0 Å². The van der Waals surface area contributed by atoms with Crippen molar-refractivity contribution in [1.82, 2.24) is 9.36 Å². The summed E-state index contributed by atoms with van der Waals surface area (Å²) in [5.41, 5.74) is 3.29. The highest BCUT2D eigenvalue weighted by Crippen LogP contribution is 2.33. The van der Waals surface area contributed by atoms with E-state index >= 15 is 0 Å². The van der Waals surface area contributed by atoms with Gasteiger partial charge in [-0.05, 0) is 36.2 Å². The lowest BCUT2D eigenvalue weighted by Gasteiger charge is -2.09. The van der Waals surface area contributed by atoms with Crippen molar-refractivity contribution >= 4 is 15.9 Å². The molecule has 0 bridgehead atoms. The lowest BCUT2D eigenvalue weighted by atomic mass is 10.0. The van der Waals surface area contributed by atoms with E-state index in [1.165, 1.54) is 12.1 Å². The van der Waals surface area contributed by atoms with Crippen LogP contribution in [0.5, 0.6) is 0 Å². The summed E-state index contributed by atoms with van der Waals surface area (Å²) in [5.74, 6) is -0.300. The highest BCUT2D eigenvalue weighted by atomic mass is 79.9. The minimum Gasteiger partial charge on any atom is -0.281 e. The third-order valence-electron chi connectivity index (χ3n) is 4.23. The number of hydrogen-bond donors (Lipinski definition) is 0. The van der Waals surface area contributed by atoms with Gasteiger partial charge < -0.3 is 0 Å². The minimum absolute atomic E-state index is 0.00738. The maximum absolute atomic E-state index is 13.2. The smallest absolute Gasteiger partial charge is 0.275 e. The van der Waals surface area contributed by atoms with E-state index in [4.69, 9.17) is 0 Å². The largest absolute Gasteiger partial charge is 0.281 e. The van der Waals surface area contributed by atoms with Gasteiger partial charge in [0.05, 0.1) is 11.3 Å².